The van der Waals surface area contributed by atoms with Crippen LogP contribution < -0.4 is 5.19 Å². The van der Waals surface area contributed by atoms with Gasteiger partial charge in [0.2, 0.25) is 0 Å². The van der Waals surface area contributed by atoms with E-state index in [-0.39, 0.29) is 0 Å². The molecule has 0 saturated carbocycles. The predicted molar refractivity (Wildman–Crippen MR) is 204 cm³/mol. The van der Waals surface area contributed by atoms with Crippen LogP contribution in [-0.2, 0) is 0 Å². The van der Waals surface area contributed by atoms with Crippen LogP contribution in [0, 0.1) is 0 Å². The van der Waals surface area contributed by atoms with Gasteiger partial charge >= 0.3 is 0 Å². The summed E-state index contributed by atoms with van der Waals surface area (Å²) in [5, 5.41) is 9.16. The first kappa shape index (κ1) is 28.2. The standard InChI is InChI=1S/C45H36Si/c1-46(2,3)37-27-25-33(26-28-37)44-39-18-7-9-20-41(39)45(42-21-10-8-19-40(42)44)36-24-23-32-15-12-22-38(43(32)30-36)35-17-11-16-34(29-35)31-13-5-4-6-14-31/h4-30H,1-3H3. The Morgan fingerprint density at radius 2 is 0.848 bits per heavy atom. The molecule has 0 unspecified atom stereocenters. The number of benzene rings is 8. The zero-order chi connectivity index (χ0) is 31.3. The Labute approximate surface area is 272 Å². The Hall–Kier alpha value is -5.24. The van der Waals surface area contributed by atoms with Gasteiger partial charge in [0.1, 0.15) is 0 Å². The Morgan fingerprint density at radius 1 is 0.326 bits per heavy atom. The maximum absolute atomic E-state index is 2.41. The average molecular weight is 605 g/mol. The maximum atomic E-state index is 2.41. The molecule has 8 rings (SSSR count). The molecule has 0 aromatic heterocycles. The van der Waals surface area contributed by atoms with Gasteiger partial charge in [-0.1, -0.05) is 176 Å². The van der Waals surface area contributed by atoms with Gasteiger partial charge in [0, 0.05) is 0 Å². The van der Waals surface area contributed by atoms with Gasteiger partial charge in [-0.25, -0.2) is 0 Å². The molecule has 1 heteroatoms. The lowest BCUT2D eigenvalue weighted by Gasteiger charge is -2.20. The van der Waals surface area contributed by atoms with Crippen molar-refractivity contribution in [3.63, 3.8) is 0 Å². The largest absolute Gasteiger partial charge is 0.0775 e. The molecule has 0 N–H and O–H groups in total. The molecule has 0 bridgehead atoms. The van der Waals surface area contributed by atoms with Crippen molar-refractivity contribution in [2.24, 2.45) is 0 Å². The summed E-state index contributed by atoms with van der Waals surface area (Å²) in [6, 6.07) is 60.6. The first-order valence-electron chi connectivity index (χ1n) is 16.2. The Balaban J connectivity index is 1.35. The minimum Gasteiger partial charge on any atom is -0.0656 e. The highest BCUT2D eigenvalue weighted by Crippen LogP contribution is 2.44. The molecule has 0 radical (unpaired) electrons. The van der Waals surface area contributed by atoms with Crippen LogP contribution in [0.15, 0.2) is 164 Å². The molecular weight excluding hydrogens is 569 g/mol. The van der Waals surface area contributed by atoms with Crippen LogP contribution in [0.3, 0.4) is 0 Å². The minimum atomic E-state index is -1.39. The van der Waals surface area contributed by atoms with Crippen LogP contribution in [-0.4, -0.2) is 8.07 Å². The van der Waals surface area contributed by atoms with Crippen LogP contribution in [0.4, 0.5) is 0 Å². The predicted octanol–water partition coefficient (Wildman–Crippen LogP) is 12.4. The maximum Gasteiger partial charge on any atom is 0.0775 e. The van der Waals surface area contributed by atoms with Crippen molar-refractivity contribution in [3.8, 4) is 44.5 Å². The van der Waals surface area contributed by atoms with Crippen molar-refractivity contribution in [2.75, 3.05) is 0 Å². The molecule has 8 aromatic rings. The van der Waals surface area contributed by atoms with E-state index in [2.05, 4.69) is 183 Å². The summed E-state index contributed by atoms with van der Waals surface area (Å²) in [7, 11) is -1.39. The van der Waals surface area contributed by atoms with Gasteiger partial charge in [0.05, 0.1) is 8.07 Å². The number of fused-ring (bicyclic) bond motifs is 3. The molecule has 0 aliphatic heterocycles. The zero-order valence-corrected chi connectivity index (χ0v) is 27.6. The van der Waals surface area contributed by atoms with Gasteiger partial charge in [-0.15, -0.1) is 0 Å². The van der Waals surface area contributed by atoms with Crippen LogP contribution in [0.5, 0.6) is 0 Å². The quantitative estimate of drug-likeness (QED) is 0.135. The van der Waals surface area contributed by atoms with E-state index in [1.807, 2.05) is 0 Å². The number of rotatable bonds is 5. The minimum absolute atomic E-state index is 1.23. The van der Waals surface area contributed by atoms with Crippen molar-refractivity contribution in [2.45, 2.75) is 19.6 Å². The fourth-order valence-corrected chi connectivity index (χ4v) is 8.23. The summed E-state index contributed by atoms with van der Waals surface area (Å²) in [6.45, 7) is 7.24. The van der Waals surface area contributed by atoms with Crippen molar-refractivity contribution >= 4 is 45.6 Å². The highest BCUT2D eigenvalue weighted by molar-refractivity contribution is 6.88. The van der Waals surface area contributed by atoms with Crippen LogP contribution in [0.25, 0.3) is 76.8 Å². The van der Waals surface area contributed by atoms with E-state index in [0.29, 0.717) is 0 Å². The second-order valence-corrected chi connectivity index (χ2v) is 18.4. The molecule has 0 aliphatic rings. The molecule has 220 valence electrons. The van der Waals surface area contributed by atoms with E-state index >= 15 is 0 Å². The number of hydrogen-bond donors (Lipinski definition) is 0. The third kappa shape index (κ3) is 4.94. The molecule has 0 nitrogen and oxygen atoms in total. The Morgan fingerprint density at radius 3 is 1.48 bits per heavy atom. The molecule has 46 heavy (non-hydrogen) atoms. The van der Waals surface area contributed by atoms with Gasteiger partial charge in [0.15, 0.2) is 0 Å². The second kappa shape index (κ2) is 11.3. The number of hydrogen-bond acceptors (Lipinski definition) is 0. The van der Waals surface area contributed by atoms with Gasteiger partial charge < -0.3 is 0 Å². The third-order valence-corrected chi connectivity index (χ3v) is 11.5. The van der Waals surface area contributed by atoms with E-state index in [1.165, 1.54) is 82.0 Å². The van der Waals surface area contributed by atoms with E-state index in [1.54, 1.807) is 0 Å². The van der Waals surface area contributed by atoms with Crippen LogP contribution in [0.2, 0.25) is 19.6 Å². The monoisotopic (exact) mass is 604 g/mol. The first-order chi connectivity index (χ1) is 22.5. The molecule has 0 saturated heterocycles. The van der Waals surface area contributed by atoms with Crippen LogP contribution >= 0.6 is 0 Å². The second-order valence-electron chi connectivity index (χ2n) is 13.4. The molecule has 0 fully saturated rings. The summed E-state index contributed by atoms with van der Waals surface area (Å²) in [5.74, 6) is 0. The van der Waals surface area contributed by atoms with Crippen molar-refractivity contribution in [3.05, 3.63) is 164 Å². The highest BCUT2D eigenvalue weighted by atomic mass is 28.3. The van der Waals surface area contributed by atoms with E-state index in [0.717, 1.165) is 0 Å². The van der Waals surface area contributed by atoms with Gasteiger partial charge in [-0.3, -0.25) is 0 Å². The van der Waals surface area contributed by atoms with Gasteiger partial charge in [-0.05, 0) is 89.0 Å². The van der Waals surface area contributed by atoms with Crippen molar-refractivity contribution in [1.82, 2.24) is 0 Å². The fraction of sp³-hybridized carbons (Fsp3) is 0.0667. The summed E-state index contributed by atoms with van der Waals surface area (Å²) in [4.78, 5) is 0. The van der Waals surface area contributed by atoms with Gasteiger partial charge in [-0.2, -0.15) is 0 Å². The van der Waals surface area contributed by atoms with E-state index in [4.69, 9.17) is 0 Å². The highest BCUT2D eigenvalue weighted by Gasteiger charge is 2.19. The first-order valence-corrected chi connectivity index (χ1v) is 19.7. The smallest absolute Gasteiger partial charge is 0.0656 e. The summed E-state index contributed by atoms with van der Waals surface area (Å²) >= 11 is 0. The summed E-state index contributed by atoms with van der Waals surface area (Å²) in [6.07, 6.45) is 0. The molecule has 8 aromatic carbocycles. The van der Waals surface area contributed by atoms with Crippen LogP contribution in [0.1, 0.15) is 0 Å². The summed E-state index contributed by atoms with van der Waals surface area (Å²) < 4.78 is 0. The topological polar surface area (TPSA) is 0 Å². The van der Waals surface area contributed by atoms with Gasteiger partial charge in [0.25, 0.3) is 0 Å². The SMILES string of the molecule is C[Si](C)(C)c1ccc(-c2c3ccccc3c(-c3ccc4cccc(-c5cccc(-c6ccccc6)c5)c4c3)c3ccccc23)cc1. The lowest BCUT2D eigenvalue weighted by molar-refractivity contribution is 1.60. The normalized spacial score (nSPS) is 11.8. The molecule has 0 aliphatic carbocycles. The Bertz CT molecular complexity index is 2320. The zero-order valence-electron chi connectivity index (χ0n) is 26.6. The Kier molecular flexibility index (Phi) is 6.93. The molecule has 0 heterocycles. The molecular formula is C45H36Si. The van der Waals surface area contributed by atoms with Crippen molar-refractivity contribution < 1.29 is 0 Å². The van der Waals surface area contributed by atoms with E-state index in [9.17, 15) is 0 Å². The molecule has 0 spiro atoms. The third-order valence-electron chi connectivity index (χ3n) is 9.42. The van der Waals surface area contributed by atoms with E-state index < -0.39 is 8.07 Å². The molecule has 0 atom stereocenters. The summed E-state index contributed by atoms with van der Waals surface area (Å²) in [5.41, 5.74) is 10.1. The lowest BCUT2D eigenvalue weighted by Crippen LogP contribution is -2.37. The van der Waals surface area contributed by atoms with Crippen molar-refractivity contribution in [1.29, 1.82) is 0 Å². The fourth-order valence-electron chi connectivity index (χ4n) is 7.06. The molecule has 0 amide bonds. The average Bonchev–Trinajstić information content (AvgIpc) is 3.10. The lowest BCUT2D eigenvalue weighted by atomic mass is 9.85.